The molecule has 1 aromatic heterocycles. The number of aryl methyl sites for hydroxylation is 1. The van der Waals surface area contributed by atoms with E-state index < -0.39 is 0 Å². The van der Waals surface area contributed by atoms with Gasteiger partial charge in [-0.1, -0.05) is 208 Å². The molecule has 0 bridgehead atoms. The summed E-state index contributed by atoms with van der Waals surface area (Å²) >= 11 is 2.08. The van der Waals surface area contributed by atoms with E-state index in [-0.39, 0.29) is 50.0 Å². The molecule has 2 nitrogen and oxygen atoms in total. The Bertz CT molecular complexity index is 3810. The second-order valence-corrected chi connectivity index (χ2v) is 33.0. The van der Waals surface area contributed by atoms with E-state index in [1.54, 1.807) is 0 Å². The highest BCUT2D eigenvalue weighted by atomic mass is 32.1. The highest BCUT2D eigenvalue weighted by molar-refractivity contribution is 7.33. The second-order valence-electron chi connectivity index (χ2n) is 31.9. The topological polar surface area (TPSA) is 6.48 Å². The number of fused-ring (bicyclic) bond motifs is 7. The minimum Gasteiger partial charge on any atom is -0.310 e. The van der Waals surface area contributed by atoms with E-state index in [0.717, 1.165) is 17.8 Å². The van der Waals surface area contributed by atoms with Crippen molar-refractivity contribution in [2.24, 2.45) is 0 Å². The molecule has 4 aliphatic rings. The Morgan fingerprint density at radius 1 is 0.476 bits per heavy atom. The molecule has 0 amide bonds. The van der Waals surface area contributed by atoms with Crippen molar-refractivity contribution in [1.82, 2.24) is 0 Å². The van der Waals surface area contributed by atoms with Crippen LogP contribution in [0.3, 0.4) is 0 Å². The molecule has 0 radical (unpaired) electrons. The second kappa shape index (κ2) is 19.1. The van der Waals surface area contributed by atoms with Gasteiger partial charge in [0.1, 0.15) is 0 Å². The van der Waals surface area contributed by atoms with Crippen molar-refractivity contribution in [3.63, 3.8) is 0 Å². The van der Waals surface area contributed by atoms with Crippen molar-refractivity contribution in [2.75, 3.05) is 9.80 Å². The first-order valence-corrected chi connectivity index (χ1v) is 32.0. The molecule has 7 aromatic carbocycles. The molecule has 2 heterocycles. The van der Waals surface area contributed by atoms with E-state index in [4.69, 9.17) is 0 Å². The molecule has 0 N–H and O–H groups in total. The summed E-state index contributed by atoms with van der Waals surface area (Å²) in [7, 11) is 0. The number of para-hydroxylation sites is 1. The third kappa shape index (κ3) is 9.52. The quantitative estimate of drug-likeness (QED) is 0.147. The molecule has 8 aromatic rings. The average molecular weight is 1100 g/mol. The van der Waals surface area contributed by atoms with Crippen molar-refractivity contribution in [3.05, 3.63) is 195 Å². The predicted molar refractivity (Wildman–Crippen MR) is 360 cm³/mol. The van der Waals surface area contributed by atoms with Gasteiger partial charge in [-0.15, -0.1) is 11.3 Å². The molecule has 4 heteroatoms. The summed E-state index contributed by atoms with van der Waals surface area (Å²) in [5.74, 6) is 0. The first-order valence-electron chi connectivity index (χ1n) is 31.2. The minimum absolute atomic E-state index is 0.00511. The summed E-state index contributed by atoms with van der Waals surface area (Å²) in [6, 6.07) is 53.9. The van der Waals surface area contributed by atoms with E-state index >= 15 is 0 Å². The molecule has 82 heavy (non-hydrogen) atoms. The largest absolute Gasteiger partial charge is 0.310 e. The molecule has 0 saturated heterocycles. The molecule has 424 valence electrons. The first kappa shape index (κ1) is 56.6. The Kier molecular flexibility index (Phi) is 13.2. The lowest BCUT2D eigenvalue weighted by Crippen LogP contribution is -2.58. The monoisotopic (exact) mass is 1100 g/mol. The van der Waals surface area contributed by atoms with Crippen LogP contribution in [0.5, 0.6) is 0 Å². The van der Waals surface area contributed by atoms with Gasteiger partial charge in [0.15, 0.2) is 0 Å². The van der Waals surface area contributed by atoms with Gasteiger partial charge in [0.05, 0.1) is 5.69 Å². The van der Waals surface area contributed by atoms with Gasteiger partial charge >= 0.3 is 0 Å². The molecule has 12 rings (SSSR count). The maximum absolute atomic E-state index is 2.75. The summed E-state index contributed by atoms with van der Waals surface area (Å²) in [5.41, 5.74) is 26.6. The Labute approximate surface area is 499 Å². The highest BCUT2D eigenvalue weighted by Crippen LogP contribution is 2.54. The van der Waals surface area contributed by atoms with Crippen molar-refractivity contribution < 1.29 is 0 Å². The molecule has 0 spiro atoms. The predicted octanol–water partition coefficient (Wildman–Crippen LogP) is 20.2. The summed E-state index contributed by atoms with van der Waals surface area (Å²) in [6.07, 6.45) is 7.91. The lowest BCUT2D eigenvalue weighted by atomic mass is 9.36. The smallest absolute Gasteiger partial charge is 0.260 e. The van der Waals surface area contributed by atoms with Crippen LogP contribution in [0.4, 0.5) is 34.1 Å². The van der Waals surface area contributed by atoms with E-state index in [0.29, 0.717) is 0 Å². The zero-order valence-electron chi connectivity index (χ0n) is 53.5. The van der Waals surface area contributed by atoms with Gasteiger partial charge < -0.3 is 9.80 Å². The molecule has 3 aliphatic carbocycles. The summed E-state index contributed by atoms with van der Waals surface area (Å²) in [5, 5.41) is 1.38. The molecular weight excluding hydrogens is 1010 g/mol. The van der Waals surface area contributed by atoms with Crippen molar-refractivity contribution >= 4 is 78.0 Å². The van der Waals surface area contributed by atoms with E-state index in [1.807, 2.05) is 0 Å². The molecule has 0 fully saturated rings. The first-order chi connectivity index (χ1) is 38.3. The number of rotatable bonds is 7. The fourth-order valence-corrected chi connectivity index (χ4v) is 16.5. The van der Waals surface area contributed by atoms with Crippen LogP contribution in [0.1, 0.15) is 224 Å². The number of benzene rings is 7. The third-order valence-corrected chi connectivity index (χ3v) is 22.2. The van der Waals surface area contributed by atoms with Crippen molar-refractivity contribution in [2.45, 2.75) is 220 Å². The van der Waals surface area contributed by atoms with E-state index in [9.17, 15) is 0 Å². The minimum atomic E-state index is -0.0232. The fourth-order valence-electron chi connectivity index (χ4n) is 15.1. The van der Waals surface area contributed by atoms with Crippen LogP contribution in [-0.2, 0) is 49.7 Å². The molecule has 0 unspecified atom stereocenters. The lowest BCUT2D eigenvalue weighted by molar-refractivity contribution is 0.331. The summed E-state index contributed by atoms with van der Waals surface area (Å²) in [6.45, 7) is 46.3. The molecule has 0 saturated carbocycles. The lowest BCUT2D eigenvalue weighted by Gasteiger charge is -2.43. The Morgan fingerprint density at radius 2 is 0.951 bits per heavy atom. The van der Waals surface area contributed by atoms with Crippen molar-refractivity contribution in [1.29, 1.82) is 0 Å². The van der Waals surface area contributed by atoms with Gasteiger partial charge in [0, 0.05) is 43.3 Å². The Hall–Kier alpha value is -5.84. The van der Waals surface area contributed by atoms with Gasteiger partial charge in [-0.25, -0.2) is 0 Å². The maximum atomic E-state index is 2.75. The maximum Gasteiger partial charge on any atom is 0.260 e. The number of nitrogens with zero attached hydrogens (tertiary/aromatic N) is 2. The van der Waals surface area contributed by atoms with Crippen LogP contribution in [-0.4, -0.2) is 6.71 Å². The average Bonchev–Trinajstić information content (AvgIpc) is 4.02. The number of hydrogen-bond donors (Lipinski definition) is 0. The zero-order valence-corrected chi connectivity index (χ0v) is 54.3. The third-order valence-electron chi connectivity index (χ3n) is 21.0. The van der Waals surface area contributed by atoms with Crippen LogP contribution >= 0.6 is 11.3 Å². The van der Waals surface area contributed by atoms with Gasteiger partial charge in [-0.05, 0) is 217 Å². The highest BCUT2D eigenvalue weighted by Gasteiger charge is 2.46. The molecular formula is C78H93BN2S. The van der Waals surface area contributed by atoms with Crippen LogP contribution in [0.15, 0.2) is 133 Å². The van der Waals surface area contributed by atoms with Gasteiger partial charge in [-0.2, -0.15) is 0 Å². The van der Waals surface area contributed by atoms with Crippen LogP contribution in [0, 0.1) is 6.92 Å². The van der Waals surface area contributed by atoms with Crippen LogP contribution in [0.25, 0.3) is 10.1 Å². The standard InChI is InChI=1S/C78H93BN2S/c1-49-41-60-63(77(16,17)39-37-74(60,10)11)47-65(49)79-68-51(42-50-25-34-59-61(43-50)75(12,13)36-35-73(59,8)9)44-57(80(54-23-21-20-22-24-54)55-30-26-52(27-31-55)71(2,3)4)45-66(68)81(56-32-28-53(29-33-56)72(5,6)7)69-58-46-62-64(48-67(58)82-70(69)79)78(18,19)40-38-76(62,14)15/h20-34,41,43-48H,35-40,42H2,1-19H3. The Morgan fingerprint density at radius 3 is 1.50 bits per heavy atom. The summed E-state index contributed by atoms with van der Waals surface area (Å²) in [4.78, 5) is 5.29. The van der Waals surface area contributed by atoms with Gasteiger partial charge in [0.25, 0.3) is 6.71 Å². The van der Waals surface area contributed by atoms with E-state index in [1.165, 1.54) is 148 Å². The van der Waals surface area contributed by atoms with Crippen LogP contribution < -0.4 is 25.5 Å². The van der Waals surface area contributed by atoms with Crippen molar-refractivity contribution in [3.8, 4) is 0 Å². The van der Waals surface area contributed by atoms with Crippen LogP contribution in [0.2, 0.25) is 0 Å². The Balaban J connectivity index is 1.24. The van der Waals surface area contributed by atoms with Gasteiger partial charge in [0.2, 0.25) is 0 Å². The number of hydrogen-bond acceptors (Lipinski definition) is 3. The molecule has 1 aliphatic heterocycles. The fraction of sp³-hybridized carbons (Fsp3) is 0.436. The van der Waals surface area contributed by atoms with E-state index in [2.05, 4.69) is 286 Å². The molecule has 0 atom stereocenters. The summed E-state index contributed by atoms with van der Waals surface area (Å²) < 4.78 is 2.85. The zero-order chi connectivity index (χ0) is 58.6. The SMILES string of the molecule is Cc1cc2c(cc1B1c3sc4cc5c(cc4c3N(c3ccc(C(C)(C)C)cc3)c3cc(N(c4ccccc4)c4ccc(C(C)(C)C)cc4)cc(Cc4ccc6c(c4)C(C)(C)CCC6(C)C)c31)C(C)(C)CCC5(C)C)C(C)(C)CCC2(C)C. The normalized spacial score (nSPS) is 19.0. The number of thiophene rings is 1. The van der Waals surface area contributed by atoms with Gasteiger partial charge in [-0.3, -0.25) is 0 Å². The number of anilines is 6.